The standard InChI is InChI=1S/C53H33N3O/c1-3-16-35(17-4-1)55-48-29-10-7-20-38(48)41-24-14-27-44(51(41)55)46-32-34(37-23-13-26-43-40-22-9-12-31-50(40)57-53(37)43)33-47(54-46)45-28-15-25-42-39-21-8-11-30-49(39)56(52(42)45)36-18-5-2-6-19-36/h1-33H. The topological polar surface area (TPSA) is 35.9 Å². The fraction of sp³-hybridized carbons (Fsp3) is 0. The van der Waals surface area contributed by atoms with Gasteiger partial charge in [-0.1, -0.05) is 146 Å². The first kappa shape index (κ1) is 31.6. The second kappa shape index (κ2) is 12.4. The van der Waals surface area contributed by atoms with Crippen molar-refractivity contribution in [2.75, 3.05) is 0 Å². The number of pyridine rings is 1. The van der Waals surface area contributed by atoms with Gasteiger partial charge in [-0.15, -0.1) is 0 Å². The SMILES string of the molecule is c1ccc(-n2c3ccccc3c3cccc(-c4cc(-c5cccc6c5oc5ccccc56)cc(-c5cccc6c7ccccc7n(-c7ccccc7)c56)n4)c32)cc1. The third-order valence-corrected chi connectivity index (χ3v) is 11.5. The summed E-state index contributed by atoms with van der Waals surface area (Å²) in [4.78, 5) is 5.68. The Labute approximate surface area is 328 Å². The summed E-state index contributed by atoms with van der Waals surface area (Å²) in [7, 11) is 0. The van der Waals surface area contributed by atoms with Gasteiger partial charge in [0.05, 0.1) is 33.5 Å². The van der Waals surface area contributed by atoms with Crippen molar-refractivity contribution in [3.63, 3.8) is 0 Å². The zero-order chi connectivity index (χ0) is 37.5. The van der Waals surface area contributed by atoms with Crippen LogP contribution in [0.5, 0.6) is 0 Å². The van der Waals surface area contributed by atoms with Crippen molar-refractivity contribution in [1.82, 2.24) is 14.1 Å². The number of para-hydroxylation sites is 8. The van der Waals surface area contributed by atoms with Gasteiger partial charge in [0, 0.05) is 60.4 Å². The van der Waals surface area contributed by atoms with Crippen LogP contribution in [0, 0.1) is 0 Å². The lowest BCUT2D eigenvalue weighted by molar-refractivity contribution is 0.670. The fourth-order valence-corrected chi connectivity index (χ4v) is 9.08. The van der Waals surface area contributed by atoms with Gasteiger partial charge in [-0.05, 0) is 60.2 Å². The lowest BCUT2D eigenvalue weighted by Gasteiger charge is -2.15. The lowest BCUT2D eigenvalue weighted by atomic mass is 9.97. The van der Waals surface area contributed by atoms with Crippen molar-refractivity contribution in [2.24, 2.45) is 0 Å². The van der Waals surface area contributed by atoms with Crippen LogP contribution in [0.4, 0.5) is 0 Å². The first-order valence-corrected chi connectivity index (χ1v) is 19.4. The summed E-state index contributed by atoms with van der Waals surface area (Å²) in [5.74, 6) is 0. The number of nitrogens with zero attached hydrogens (tertiary/aromatic N) is 3. The Bertz CT molecular complexity index is 3340. The van der Waals surface area contributed by atoms with Gasteiger partial charge in [0.25, 0.3) is 0 Å². The maximum Gasteiger partial charge on any atom is 0.143 e. The predicted octanol–water partition coefficient (Wildman–Crippen LogP) is 14.2. The van der Waals surface area contributed by atoms with Crippen LogP contribution in [0.2, 0.25) is 0 Å². The Balaban J connectivity index is 1.21. The average Bonchev–Trinajstić information content (AvgIpc) is 3.95. The van der Waals surface area contributed by atoms with Crippen molar-refractivity contribution in [3.8, 4) is 45.0 Å². The number of furan rings is 1. The third kappa shape index (κ3) is 4.77. The molecule has 0 aliphatic carbocycles. The van der Waals surface area contributed by atoms with Gasteiger partial charge in [0.1, 0.15) is 11.2 Å². The average molecular weight is 728 g/mol. The highest BCUT2D eigenvalue weighted by molar-refractivity contribution is 6.16. The van der Waals surface area contributed by atoms with Crippen molar-refractivity contribution in [3.05, 3.63) is 200 Å². The molecule has 0 saturated carbocycles. The number of aromatic nitrogens is 3. The number of hydrogen-bond donors (Lipinski definition) is 0. The van der Waals surface area contributed by atoms with Crippen LogP contribution in [0.25, 0.3) is 111 Å². The molecular weight excluding hydrogens is 695 g/mol. The molecule has 12 rings (SSSR count). The van der Waals surface area contributed by atoms with E-state index < -0.39 is 0 Å². The van der Waals surface area contributed by atoms with Crippen LogP contribution in [0.3, 0.4) is 0 Å². The van der Waals surface area contributed by atoms with Gasteiger partial charge >= 0.3 is 0 Å². The molecule has 0 unspecified atom stereocenters. The molecule has 0 amide bonds. The lowest BCUT2D eigenvalue weighted by Crippen LogP contribution is -1.98. The van der Waals surface area contributed by atoms with Gasteiger partial charge in [-0.2, -0.15) is 0 Å². The molecule has 0 N–H and O–H groups in total. The molecule has 0 spiro atoms. The Kier molecular flexibility index (Phi) is 6.89. The zero-order valence-corrected chi connectivity index (χ0v) is 30.8. The Morgan fingerprint density at radius 2 is 0.789 bits per heavy atom. The number of benzene rings is 8. The van der Waals surface area contributed by atoms with Crippen molar-refractivity contribution in [1.29, 1.82) is 0 Å². The highest BCUT2D eigenvalue weighted by Gasteiger charge is 2.22. The van der Waals surface area contributed by atoms with Crippen LogP contribution in [-0.2, 0) is 0 Å². The summed E-state index contributed by atoms with van der Waals surface area (Å²) in [6, 6.07) is 71.2. The number of fused-ring (bicyclic) bond motifs is 9. The van der Waals surface area contributed by atoms with Crippen molar-refractivity contribution < 1.29 is 4.42 Å². The monoisotopic (exact) mass is 727 g/mol. The van der Waals surface area contributed by atoms with Crippen molar-refractivity contribution >= 4 is 65.6 Å². The van der Waals surface area contributed by atoms with Gasteiger partial charge in [-0.3, -0.25) is 0 Å². The molecule has 8 aromatic carbocycles. The molecule has 12 aromatic rings. The number of hydrogen-bond acceptors (Lipinski definition) is 2. The summed E-state index contributed by atoms with van der Waals surface area (Å²) >= 11 is 0. The van der Waals surface area contributed by atoms with E-state index in [4.69, 9.17) is 9.40 Å². The van der Waals surface area contributed by atoms with E-state index in [0.717, 1.165) is 89.0 Å². The Hall–Kier alpha value is -7.69. The second-order valence-electron chi connectivity index (χ2n) is 14.7. The molecule has 0 aliphatic heterocycles. The van der Waals surface area contributed by atoms with Crippen LogP contribution >= 0.6 is 0 Å². The third-order valence-electron chi connectivity index (χ3n) is 11.5. The van der Waals surface area contributed by atoms with E-state index in [1.807, 2.05) is 6.07 Å². The smallest absolute Gasteiger partial charge is 0.143 e. The molecule has 0 fully saturated rings. The van der Waals surface area contributed by atoms with Crippen LogP contribution in [0.15, 0.2) is 205 Å². The zero-order valence-electron chi connectivity index (χ0n) is 30.8. The van der Waals surface area contributed by atoms with E-state index in [1.165, 1.54) is 21.5 Å². The second-order valence-corrected chi connectivity index (χ2v) is 14.7. The maximum absolute atomic E-state index is 6.67. The van der Waals surface area contributed by atoms with Crippen LogP contribution in [0.1, 0.15) is 0 Å². The summed E-state index contributed by atoms with van der Waals surface area (Å²) in [5, 5.41) is 6.99. The molecule has 266 valence electrons. The van der Waals surface area contributed by atoms with Crippen LogP contribution in [-0.4, -0.2) is 14.1 Å². The molecule has 4 nitrogen and oxygen atoms in total. The van der Waals surface area contributed by atoms with E-state index in [0.29, 0.717) is 0 Å². The summed E-state index contributed by atoms with van der Waals surface area (Å²) < 4.78 is 11.5. The molecular formula is C53H33N3O. The van der Waals surface area contributed by atoms with Gasteiger partial charge in [-0.25, -0.2) is 4.98 Å². The Morgan fingerprint density at radius 1 is 0.351 bits per heavy atom. The van der Waals surface area contributed by atoms with E-state index in [1.54, 1.807) is 0 Å². The minimum Gasteiger partial charge on any atom is -0.455 e. The van der Waals surface area contributed by atoms with Gasteiger partial charge in [0.15, 0.2) is 0 Å². The molecule has 0 radical (unpaired) electrons. The van der Waals surface area contributed by atoms with Gasteiger partial charge in [0.2, 0.25) is 0 Å². The molecule has 4 aromatic heterocycles. The largest absolute Gasteiger partial charge is 0.455 e. The minimum atomic E-state index is 0.870. The molecule has 0 bridgehead atoms. The van der Waals surface area contributed by atoms with E-state index in [9.17, 15) is 0 Å². The predicted molar refractivity (Wildman–Crippen MR) is 237 cm³/mol. The summed E-state index contributed by atoms with van der Waals surface area (Å²) in [5.41, 5.74) is 14.5. The van der Waals surface area contributed by atoms with Gasteiger partial charge < -0.3 is 13.6 Å². The van der Waals surface area contributed by atoms with E-state index in [-0.39, 0.29) is 0 Å². The molecule has 4 heteroatoms. The first-order valence-electron chi connectivity index (χ1n) is 19.4. The van der Waals surface area contributed by atoms with E-state index in [2.05, 4.69) is 203 Å². The maximum atomic E-state index is 6.67. The molecule has 57 heavy (non-hydrogen) atoms. The summed E-state index contributed by atoms with van der Waals surface area (Å²) in [6.07, 6.45) is 0. The van der Waals surface area contributed by atoms with E-state index >= 15 is 0 Å². The van der Waals surface area contributed by atoms with Crippen LogP contribution < -0.4 is 0 Å². The molecule has 4 heterocycles. The number of rotatable bonds is 5. The molecule has 0 saturated heterocycles. The Morgan fingerprint density at radius 3 is 1.35 bits per heavy atom. The minimum absolute atomic E-state index is 0.870. The van der Waals surface area contributed by atoms with Crippen molar-refractivity contribution in [2.45, 2.75) is 0 Å². The molecule has 0 aliphatic rings. The summed E-state index contributed by atoms with van der Waals surface area (Å²) in [6.45, 7) is 0. The molecule has 0 atom stereocenters. The quantitative estimate of drug-likeness (QED) is 0.177. The highest BCUT2D eigenvalue weighted by Crippen LogP contribution is 2.44. The normalized spacial score (nSPS) is 11.9. The highest BCUT2D eigenvalue weighted by atomic mass is 16.3. The first-order chi connectivity index (χ1) is 28.3. The fourth-order valence-electron chi connectivity index (χ4n) is 9.08.